The fraction of sp³-hybridized carbons (Fsp3) is 0.429. The Morgan fingerprint density at radius 3 is 2.40 bits per heavy atom. The SMILES string of the molecule is C/C=C(\C=C(/CF)S[C@H]1CCC[C@H](C(=O)O)CC1)C(=O)Nc1cc(F)c(F)c(F)c1. The number of amides is 1. The first-order valence-corrected chi connectivity index (χ1v) is 10.4. The minimum absolute atomic E-state index is 0.0396. The average Bonchev–Trinajstić information content (AvgIpc) is 2.94. The van der Waals surface area contributed by atoms with Crippen LogP contribution in [0.2, 0.25) is 0 Å². The zero-order valence-corrected chi connectivity index (χ0v) is 17.2. The van der Waals surface area contributed by atoms with Crippen molar-refractivity contribution in [2.24, 2.45) is 5.92 Å². The van der Waals surface area contributed by atoms with Crippen LogP contribution in [0.4, 0.5) is 23.2 Å². The topological polar surface area (TPSA) is 66.4 Å². The number of allylic oxidation sites excluding steroid dienone is 2. The molecule has 9 heteroatoms. The quantitative estimate of drug-likeness (QED) is 0.188. The van der Waals surface area contributed by atoms with E-state index in [2.05, 4.69) is 5.32 Å². The molecule has 164 valence electrons. The Morgan fingerprint density at radius 1 is 1.17 bits per heavy atom. The van der Waals surface area contributed by atoms with Crippen molar-refractivity contribution in [1.82, 2.24) is 0 Å². The van der Waals surface area contributed by atoms with Crippen molar-refractivity contribution in [3.8, 4) is 0 Å². The number of carboxylic acids is 1. The second-order valence-electron chi connectivity index (χ2n) is 6.98. The van der Waals surface area contributed by atoms with Crippen LogP contribution in [0.5, 0.6) is 0 Å². The van der Waals surface area contributed by atoms with E-state index in [1.54, 1.807) is 6.92 Å². The normalized spacial score (nSPS) is 20.6. The Hall–Kier alpha value is -2.29. The molecule has 4 nitrogen and oxygen atoms in total. The van der Waals surface area contributed by atoms with Gasteiger partial charge >= 0.3 is 5.97 Å². The highest BCUT2D eigenvalue weighted by Gasteiger charge is 2.24. The molecule has 2 N–H and O–H groups in total. The Labute approximate surface area is 176 Å². The van der Waals surface area contributed by atoms with Gasteiger partial charge in [0.05, 0.1) is 5.92 Å². The predicted octanol–water partition coefficient (Wildman–Crippen LogP) is 5.61. The van der Waals surface area contributed by atoms with Crippen molar-refractivity contribution in [3.05, 3.63) is 52.2 Å². The Kier molecular flexibility index (Phi) is 8.95. The predicted molar refractivity (Wildman–Crippen MR) is 108 cm³/mol. The van der Waals surface area contributed by atoms with E-state index in [9.17, 15) is 27.2 Å². The summed E-state index contributed by atoms with van der Waals surface area (Å²) in [6, 6.07) is 1.31. The molecule has 0 radical (unpaired) electrons. The Balaban J connectivity index is 2.07. The number of hydrogen-bond acceptors (Lipinski definition) is 3. The van der Waals surface area contributed by atoms with Gasteiger partial charge in [-0.1, -0.05) is 12.5 Å². The molecular weight excluding hydrogens is 422 g/mol. The number of carbonyl (C=O) groups excluding carboxylic acids is 1. The summed E-state index contributed by atoms with van der Waals surface area (Å²) in [5, 5.41) is 11.5. The largest absolute Gasteiger partial charge is 0.481 e. The number of benzene rings is 1. The Morgan fingerprint density at radius 2 is 1.83 bits per heavy atom. The van der Waals surface area contributed by atoms with Crippen molar-refractivity contribution < 1.29 is 32.3 Å². The summed E-state index contributed by atoms with van der Waals surface area (Å²) in [4.78, 5) is 23.9. The van der Waals surface area contributed by atoms with Gasteiger partial charge < -0.3 is 10.4 Å². The third kappa shape index (κ3) is 6.62. The van der Waals surface area contributed by atoms with Gasteiger partial charge in [0.25, 0.3) is 5.91 Å². The maximum absolute atomic E-state index is 13.6. The first-order chi connectivity index (χ1) is 14.2. The van der Waals surface area contributed by atoms with Crippen LogP contribution in [0.1, 0.15) is 39.0 Å². The average molecular weight is 445 g/mol. The van der Waals surface area contributed by atoms with Crippen molar-refractivity contribution in [2.45, 2.75) is 44.3 Å². The van der Waals surface area contributed by atoms with E-state index in [0.29, 0.717) is 36.3 Å². The van der Waals surface area contributed by atoms with Gasteiger partial charge in [-0.2, -0.15) is 0 Å². The molecule has 30 heavy (non-hydrogen) atoms. The highest BCUT2D eigenvalue weighted by atomic mass is 32.2. The molecule has 1 aliphatic rings. The third-order valence-electron chi connectivity index (χ3n) is 4.85. The first-order valence-electron chi connectivity index (χ1n) is 9.53. The Bertz CT molecular complexity index is 834. The lowest BCUT2D eigenvalue weighted by molar-refractivity contribution is -0.142. The monoisotopic (exact) mass is 445 g/mol. The molecule has 0 spiro atoms. The number of rotatable bonds is 7. The molecule has 1 saturated carbocycles. The number of hydrogen-bond donors (Lipinski definition) is 2. The molecule has 2 rings (SSSR count). The molecule has 1 amide bonds. The lowest BCUT2D eigenvalue weighted by Gasteiger charge is -2.15. The summed E-state index contributed by atoms with van der Waals surface area (Å²) in [5.41, 5.74) is -0.181. The lowest BCUT2D eigenvalue weighted by atomic mass is 10.0. The molecule has 1 aromatic carbocycles. The number of carboxylic acid groups (broad SMARTS) is 1. The number of nitrogens with one attached hydrogen (secondary N) is 1. The summed E-state index contributed by atoms with van der Waals surface area (Å²) < 4.78 is 53.3. The van der Waals surface area contributed by atoms with Crippen LogP contribution < -0.4 is 5.32 Å². The molecule has 1 aromatic rings. The zero-order valence-electron chi connectivity index (χ0n) is 16.4. The fourth-order valence-corrected chi connectivity index (χ4v) is 4.46. The van der Waals surface area contributed by atoms with Gasteiger partial charge in [-0.3, -0.25) is 9.59 Å². The third-order valence-corrected chi connectivity index (χ3v) is 6.18. The number of halogens is 4. The summed E-state index contributed by atoms with van der Waals surface area (Å²) in [6.07, 6.45) is 6.00. The van der Waals surface area contributed by atoms with Crippen molar-refractivity contribution in [2.75, 3.05) is 12.0 Å². The number of aliphatic carboxylic acids is 1. The van der Waals surface area contributed by atoms with Crippen molar-refractivity contribution >= 4 is 29.3 Å². The molecular formula is C21H23F4NO3S. The molecule has 0 aliphatic heterocycles. The van der Waals surface area contributed by atoms with E-state index in [0.717, 1.165) is 12.8 Å². The van der Waals surface area contributed by atoms with Crippen molar-refractivity contribution in [3.63, 3.8) is 0 Å². The molecule has 1 fully saturated rings. The van der Waals surface area contributed by atoms with E-state index >= 15 is 0 Å². The van der Waals surface area contributed by atoms with Crippen LogP contribution >= 0.6 is 11.8 Å². The minimum atomic E-state index is -1.64. The van der Waals surface area contributed by atoms with Gasteiger partial charge in [-0.25, -0.2) is 17.6 Å². The van der Waals surface area contributed by atoms with E-state index < -0.39 is 36.0 Å². The van der Waals surface area contributed by atoms with E-state index in [4.69, 9.17) is 5.11 Å². The number of carbonyl (C=O) groups is 2. The van der Waals surface area contributed by atoms with Gasteiger partial charge in [0.2, 0.25) is 0 Å². The molecule has 0 unspecified atom stereocenters. The van der Waals surface area contributed by atoms with E-state index in [1.165, 1.54) is 23.9 Å². The standard InChI is InChI=1S/C21H23F4NO3S/c1-2-12(20(27)26-14-9-17(23)19(25)18(24)10-14)8-16(11-22)30-15-5-3-4-13(6-7-15)21(28)29/h2,8-10,13,15H,3-7,11H2,1H3,(H,26,27)(H,28,29)/b12-2+,16-8+/t13-,15-/m0/s1. The summed E-state index contributed by atoms with van der Waals surface area (Å²) in [6.45, 7) is 0.745. The molecule has 1 aliphatic carbocycles. The lowest BCUT2D eigenvalue weighted by Crippen LogP contribution is -2.14. The fourth-order valence-electron chi connectivity index (χ4n) is 3.24. The van der Waals surface area contributed by atoms with Crippen LogP contribution in [0, 0.1) is 23.4 Å². The van der Waals surface area contributed by atoms with Crippen LogP contribution in [0.15, 0.2) is 34.8 Å². The maximum atomic E-state index is 13.6. The van der Waals surface area contributed by atoms with E-state index in [1.807, 2.05) is 0 Å². The van der Waals surface area contributed by atoms with Crippen LogP contribution in [-0.2, 0) is 9.59 Å². The number of anilines is 1. The molecule has 0 heterocycles. The van der Waals surface area contributed by atoms with Gasteiger partial charge in [0.1, 0.15) is 6.67 Å². The molecule has 2 atom stereocenters. The van der Waals surface area contributed by atoms with Crippen LogP contribution in [0.3, 0.4) is 0 Å². The highest BCUT2D eigenvalue weighted by molar-refractivity contribution is 8.03. The minimum Gasteiger partial charge on any atom is -0.481 e. The van der Waals surface area contributed by atoms with Crippen LogP contribution in [-0.4, -0.2) is 28.9 Å². The van der Waals surface area contributed by atoms with Crippen molar-refractivity contribution in [1.29, 1.82) is 0 Å². The maximum Gasteiger partial charge on any atom is 0.306 e. The first kappa shape index (κ1) is 24.0. The summed E-state index contributed by atoms with van der Waals surface area (Å²) in [5.74, 6) is -6.43. The second kappa shape index (κ2) is 11.2. The molecule has 0 saturated heterocycles. The summed E-state index contributed by atoms with van der Waals surface area (Å²) in [7, 11) is 0. The van der Waals surface area contributed by atoms with Gasteiger partial charge in [0, 0.05) is 33.5 Å². The van der Waals surface area contributed by atoms with Gasteiger partial charge in [0.15, 0.2) is 17.5 Å². The molecule has 0 bridgehead atoms. The van der Waals surface area contributed by atoms with E-state index in [-0.39, 0.29) is 22.4 Å². The van der Waals surface area contributed by atoms with Gasteiger partial charge in [-0.15, -0.1) is 11.8 Å². The van der Waals surface area contributed by atoms with Crippen LogP contribution in [0.25, 0.3) is 0 Å². The smallest absolute Gasteiger partial charge is 0.306 e. The summed E-state index contributed by atoms with van der Waals surface area (Å²) >= 11 is 1.27. The molecule has 0 aromatic heterocycles. The highest BCUT2D eigenvalue weighted by Crippen LogP contribution is 2.35. The zero-order chi connectivity index (χ0) is 22.3. The number of thioether (sulfide) groups is 1. The van der Waals surface area contributed by atoms with Gasteiger partial charge in [-0.05, 0) is 38.7 Å². The second-order valence-corrected chi connectivity index (χ2v) is 8.41. The number of alkyl halides is 1.